The van der Waals surface area contributed by atoms with Gasteiger partial charge in [0.15, 0.2) is 0 Å². The Hall–Kier alpha value is -1.55. The van der Waals surface area contributed by atoms with Crippen molar-refractivity contribution >= 4 is 11.6 Å². The minimum absolute atomic E-state index is 0.161. The summed E-state index contributed by atoms with van der Waals surface area (Å²) in [5, 5.41) is 0. The van der Waals surface area contributed by atoms with Crippen LogP contribution in [-0.2, 0) is 9.53 Å². The SMILES string of the molecule is CCC[C@@H]1O[C@H]1[C@@H]1N(c2ccc(OC)cc2)C(=O)C12CCCCC2. The van der Waals surface area contributed by atoms with E-state index in [4.69, 9.17) is 9.47 Å². The van der Waals surface area contributed by atoms with Gasteiger partial charge in [-0.2, -0.15) is 0 Å². The van der Waals surface area contributed by atoms with Gasteiger partial charge in [0.25, 0.3) is 0 Å². The molecule has 0 bridgehead atoms. The van der Waals surface area contributed by atoms with Gasteiger partial charge in [-0.05, 0) is 43.5 Å². The first-order valence-corrected chi connectivity index (χ1v) is 9.34. The third-order valence-corrected chi connectivity index (χ3v) is 6.09. The van der Waals surface area contributed by atoms with Crippen LogP contribution < -0.4 is 9.64 Å². The zero-order chi connectivity index (χ0) is 16.7. The summed E-state index contributed by atoms with van der Waals surface area (Å²) in [6.45, 7) is 2.20. The first kappa shape index (κ1) is 15.9. The summed E-state index contributed by atoms with van der Waals surface area (Å²) in [5.41, 5.74) is 0.818. The lowest BCUT2D eigenvalue weighted by atomic mass is 9.60. The maximum absolute atomic E-state index is 13.1. The Morgan fingerprint density at radius 1 is 1.21 bits per heavy atom. The largest absolute Gasteiger partial charge is 0.497 e. The van der Waals surface area contributed by atoms with E-state index < -0.39 is 0 Å². The van der Waals surface area contributed by atoms with E-state index in [2.05, 4.69) is 6.92 Å². The molecule has 0 N–H and O–H groups in total. The van der Waals surface area contributed by atoms with Crippen molar-refractivity contribution in [1.82, 2.24) is 0 Å². The minimum Gasteiger partial charge on any atom is -0.497 e. The zero-order valence-corrected chi connectivity index (χ0v) is 14.7. The van der Waals surface area contributed by atoms with Gasteiger partial charge in [0.05, 0.1) is 24.7 Å². The molecule has 3 atom stereocenters. The Labute approximate surface area is 144 Å². The summed E-state index contributed by atoms with van der Waals surface area (Å²) in [5.74, 6) is 1.13. The molecule has 2 aliphatic heterocycles. The molecule has 4 nitrogen and oxygen atoms in total. The van der Waals surface area contributed by atoms with Crippen molar-refractivity contribution in [2.75, 3.05) is 12.0 Å². The van der Waals surface area contributed by atoms with E-state index in [1.807, 2.05) is 29.2 Å². The molecular formula is C20H27NO3. The van der Waals surface area contributed by atoms with Gasteiger partial charge in [-0.1, -0.05) is 32.6 Å². The standard InChI is InChI=1S/C20H27NO3/c1-3-7-16-17(24-16)18-20(12-5-4-6-13-20)19(22)21(18)14-8-10-15(23-2)11-9-14/h8-11,16-18H,3-7,12-13H2,1-2H3/t16-,17+,18-/m0/s1. The van der Waals surface area contributed by atoms with Crippen LogP contribution in [0.1, 0.15) is 51.9 Å². The first-order valence-electron chi connectivity index (χ1n) is 9.34. The van der Waals surface area contributed by atoms with Crippen LogP contribution in [0.25, 0.3) is 0 Å². The molecule has 1 spiro atoms. The molecule has 3 fully saturated rings. The van der Waals surface area contributed by atoms with E-state index >= 15 is 0 Å². The second-order valence-electron chi connectivity index (χ2n) is 7.46. The molecule has 130 valence electrons. The molecule has 1 saturated carbocycles. The van der Waals surface area contributed by atoms with Crippen molar-refractivity contribution in [3.8, 4) is 5.75 Å². The van der Waals surface area contributed by atoms with Crippen LogP contribution in [0.5, 0.6) is 5.75 Å². The number of hydrogen-bond acceptors (Lipinski definition) is 3. The highest BCUT2D eigenvalue weighted by Crippen LogP contribution is 2.56. The molecule has 24 heavy (non-hydrogen) atoms. The molecule has 2 saturated heterocycles. The quantitative estimate of drug-likeness (QED) is 0.607. The molecule has 1 aromatic rings. The van der Waals surface area contributed by atoms with E-state index in [0.717, 1.165) is 37.1 Å². The van der Waals surface area contributed by atoms with E-state index in [1.54, 1.807) is 7.11 Å². The second-order valence-corrected chi connectivity index (χ2v) is 7.46. The lowest BCUT2D eigenvalue weighted by molar-refractivity contribution is -0.143. The van der Waals surface area contributed by atoms with Crippen molar-refractivity contribution in [2.24, 2.45) is 5.41 Å². The highest BCUT2D eigenvalue weighted by molar-refractivity contribution is 6.06. The van der Waals surface area contributed by atoms with E-state index in [0.29, 0.717) is 12.0 Å². The fourth-order valence-electron chi connectivity index (χ4n) is 4.80. The first-order chi connectivity index (χ1) is 11.7. The van der Waals surface area contributed by atoms with Crippen LogP contribution >= 0.6 is 0 Å². The topological polar surface area (TPSA) is 42.1 Å². The summed E-state index contributed by atoms with van der Waals surface area (Å²) in [7, 11) is 1.66. The third kappa shape index (κ3) is 2.34. The Morgan fingerprint density at radius 2 is 1.92 bits per heavy atom. The molecule has 2 heterocycles. The van der Waals surface area contributed by atoms with Crippen molar-refractivity contribution in [3.05, 3.63) is 24.3 Å². The lowest BCUT2D eigenvalue weighted by Gasteiger charge is -2.57. The number of amides is 1. The molecule has 1 aliphatic carbocycles. The molecular weight excluding hydrogens is 302 g/mol. The number of ether oxygens (including phenoxy) is 2. The molecule has 0 aromatic heterocycles. The van der Waals surface area contributed by atoms with Crippen molar-refractivity contribution in [1.29, 1.82) is 0 Å². The summed E-state index contributed by atoms with van der Waals surface area (Å²) in [6.07, 6.45) is 8.46. The number of β-lactam (4-membered cyclic amide) rings is 1. The van der Waals surface area contributed by atoms with Gasteiger partial charge in [0.1, 0.15) is 11.9 Å². The fourth-order valence-corrected chi connectivity index (χ4v) is 4.80. The molecule has 1 amide bonds. The monoisotopic (exact) mass is 329 g/mol. The number of anilines is 1. The van der Waals surface area contributed by atoms with Crippen LogP contribution in [-0.4, -0.2) is 31.3 Å². The number of carbonyl (C=O) groups is 1. The highest BCUT2D eigenvalue weighted by Gasteiger charge is 2.67. The zero-order valence-electron chi connectivity index (χ0n) is 14.7. The van der Waals surface area contributed by atoms with Crippen LogP contribution in [0, 0.1) is 5.41 Å². The van der Waals surface area contributed by atoms with E-state index in [1.165, 1.54) is 19.3 Å². The average molecular weight is 329 g/mol. The van der Waals surface area contributed by atoms with Crippen LogP contribution in [0.4, 0.5) is 5.69 Å². The predicted octanol–water partition coefficient (Wildman–Crippen LogP) is 3.93. The van der Waals surface area contributed by atoms with Gasteiger partial charge in [0.2, 0.25) is 5.91 Å². The van der Waals surface area contributed by atoms with Gasteiger partial charge in [-0.15, -0.1) is 0 Å². The third-order valence-electron chi connectivity index (χ3n) is 6.09. The van der Waals surface area contributed by atoms with E-state index in [-0.39, 0.29) is 17.6 Å². The number of epoxide rings is 1. The van der Waals surface area contributed by atoms with Crippen LogP contribution in [0.2, 0.25) is 0 Å². The van der Waals surface area contributed by atoms with Gasteiger partial charge < -0.3 is 14.4 Å². The van der Waals surface area contributed by atoms with Gasteiger partial charge in [-0.25, -0.2) is 0 Å². The highest BCUT2D eigenvalue weighted by atomic mass is 16.6. The van der Waals surface area contributed by atoms with Crippen LogP contribution in [0.3, 0.4) is 0 Å². The van der Waals surface area contributed by atoms with Gasteiger partial charge >= 0.3 is 0 Å². The average Bonchev–Trinajstić information content (AvgIpc) is 3.38. The number of rotatable bonds is 5. The number of carbonyl (C=O) groups excluding carboxylic acids is 1. The molecule has 0 unspecified atom stereocenters. The number of hydrogen-bond donors (Lipinski definition) is 0. The van der Waals surface area contributed by atoms with Gasteiger partial charge in [0, 0.05) is 5.69 Å². The molecule has 0 radical (unpaired) electrons. The summed E-state index contributed by atoms with van der Waals surface area (Å²) >= 11 is 0. The summed E-state index contributed by atoms with van der Waals surface area (Å²) < 4.78 is 11.3. The number of methoxy groups -OCH3 is 1. The van der Waals surface area contributed by atoms with E-state index in [9.17, 15) is 4.79 Å². The maximum atomic E-state index is 13.1. The second kappa shape index (κ2) is 6.07. The lowest BCUT2D eigenvalue weighted by Crippen LogP contribution is -2.72. The molecule has 4 heteroatoms. The van der Waals surface area contributed by atoms with Crippen molar-refractivity contribution in [2.45, 2.75) is 70.1 Å². The Kier molecular flexibility index (Phi) is 4.03. The Balaban J connectivity index is 1.61. The number of nitrogens with zero attached hydrogens (tertiary/aromatic N) is 1. The molecule has 4 rings (SSSR count). The fraction of sp³-hybridized carbons (Fsp3) is 0.650. The normalized spacial score (nSPS) is 31.0. The number of benzene rings is 1. The van der Waals surface area contributed by atoms with Crippen molar-refractivity contribution in [3.63, 3.8) is 0 Å². The molecule has 3 aliphatic rings. The van der Waals surface area contributed by atoms with Crippen molar-refractivity contribution < 1.29 is 14.3 Å². The predicted molar refractivity (Wildman–Crippen MR) is 93.4 cm³/mol. The summed E-state index contributed by atoms with van der Waals surface area (Å²) in [4.78, 5) is 15.1. The molecule has 1 aromatic carbocycles. The summed E-state index contributed by atoms with van der Waals surface area (Å²) in [6, 6.07) is 8.08. The van der Waals surface area contributed by atoms with Gasteiger partial charge in [-0.3, -0.25) is 4.79 Å². The minimum atomic E-state index is -0.161. The maximum Gasteiger partial charge on any atom is 0.235 e. The smallest absolute Gasteiger partial charge is 0.235 e. The van der Waals surface area contributed by atoms with Crippen LogP contribution in [0.15, 0.2) is 24.3 Å². The Bertz CT molecular complexity index is 606. The Morgan fingerprint density at radius 3 is 2.54 bits per heavy atom.